The van der Waals surface area contributed by atoms with Crippen LogP contribution >= 0.6 is 0 Å². The molecule has 0 aromatic heterocycles. The van der Waals surface area contributed by atoms with Gasteiger partial charge in [-0.15, -0.1) is 0 Å². The second-order valence-electron chi connectivity index (χ2n) is 4.95. The van der Waals surface area contributed by atoms with Crippen molar-refractivity contribution in [3.63, 3.8) is 0 Å². The molecule has 0 amide bonds. The summed E-state index contributed by atoms with van der Waals surface area (Å²) in [6.45, 7) is 11.3. The first-order valence-electron chi connectivity index (χ1n) is 5.31. The van der Waals surface area contributed by atoms with Crippen molar-refractivity contribution in [1.82, 2.24) is 0 Å². The summed E-state index contributed by atoms with van der Waals surface area (Å²) in [4.78, 5) is 0. The molecule has 0 heterocycles. The van der Waals surface area contributed by atoms with Crippen molar-refractivity contribution < 1.29 is 5.11 Å². The highest BCUT2D eigenvalue weighted by Gasteiger charge is 2.39. The van der Waals surface area contributed by atoms with E-state index in [4.69, 9.17) is 5.11 Å². The number of rotatable bonds is 3. The van der Waals surface area contributed by atoms with Gasteiger partial charge in [0, 0.05) is 6.61 Å². The Labute approximate surface area is 81.9 Å². The number of hydrogen-bond acceptors (Lipinski definition) is 1. The first-order chi connectivity index (χ1) is 6.01. The highest BCUT2D eigenvalue weighted by Crippen LogP contribution is 2.49. The summed E-state index contributed by atoms with van der Waals surface area (Å²) in [7, 11) is 0. The van der Waals surface area contributed by atoms with Crippen molar-refractivity contribution in [2.45, 2.75) is 40.0 Å². The van der Waals surface area contributed by atoms with Gasteiger partial charge in [-0.1, -0.05) is 32.9 Å². The van der Waals surface area contributed by atoms with Crippen molar-refractivity contribution >= 4 is 0 Å². The molecule has 0 saturated heterocycles. The first kappa shape index (κ1) is 10.8. The summed E-state index contributed by atoms with van der Waals surface area (Å²) < 4.78 is 0. The van der Waals surface area contributed by atoms with Crippen molar-refractivity contribution in [1.29, 1.82) is 0 Å². The molecule has 76 valence electrons. The fourth-order valence-electron chi connectivity index (χ4n) is 2.52. The molecular formula is C12H22O. The molecule has 1 aliphatic rings. The lowest BCUT2D eigenvalue weighted by Gasteiger charge is -2.27. The molecule has 1 rings (SSSR count). The molecule has 13 heavy (non-hydrogen) atoms. The van der Waals surface area contributed by atoms with E-state index in [-0.39, 0.29) is 5.41 Å². The van der Waals surface area contributed by atoms with Gasteiger partial charge in [-0.25, -0.2) is 0 Å². The lowest BCUT2D eigenvalue weighted by molar-refractivity contribution is 0.225. The van der Waals surface area contributed by atoms with Gasteiger partial charge in [-0.05, 0) is 36.5 Å². The quantitative estimate of drug-likeness (QED) is 0.665. The molecule has 1 saturated carbocycles. The lowest BCUT2D eigenvalue weighted by Crippen LogP contribution is -2.18. The van der Waals surface area contributed by atoms with Crippen LogP contribution in [0.5, 0.6) is 0 Å². The molecule has 2 atom stereocenters. The summed E-state index contributed by atoms with van der Waals surface area (Å²) in [5, 5.41) is 8.99. The van der Waals surface area contributed by atoms with Crippen LogP contribution in [0.1, 0.15) is 40.0 Å². The van der Waals surface area contributed by atoms with Crippen LogP contribution in [-0.4, -0.2) is 11.7 Å². The average molecular weight is 182 g/mol. The van der Waals surface area contributed by atoms with Crippen LogP contribution < -0.4 is 0 Å². The molecule has 1 fully saturated rings. The van der Waals surface area contributed by atoms with Gasteiger partial charge in [-0.2, -0.15) is 0 Å². The van der Waals surface area contributed by atoms with Crippen molar-refractivity contribution in [3.05, 3.63) is 12.2 Å². The van der Waals surface area contributed by atoms with Crippen LogP contribution in [0.3, 0.4) is 0 Å². The zero-order valence-corrected chi connectivity index (χ0v) is 9.14. The van der Waals surface area contributed by atoms with Gasteiger partial charge in [-0.3, -0.25) is 0 Å². The third-order valence-corrected chi connectivity index (χ3v) is 3.70. The van der Waals surface area contributed by atoms with Gasteiger partial charge < -0.3 is 5.11 Å². The SMILES string of the molecule is C=C1C(C(C)C)CCC1(C)CCO. The normalized spacial score (nSPS) is 34.5. The van der Waals surface area contributed by atoms with Gasteiger partial charge in [0.2, 0.25) is 0 Å². The van der Waals surface area contributed by atoms with E-state index < -0.39 is 0 Å². The maximum atomic E-state index is 8.99. The van der Waals surface area contributed by atoms with E-state index in [1.807, 2.05) is 0 Å². The van der Waals surface area contributed by atoms with E-state index in [1.165, 1.54) is 18.4 Å². The summed E-state index contributed by atoms with van der Waals surface area (Å²) in [6.07, 6.45) is 3.34. The zero-order valence-electron chi connectivity index (χ0n) is 9.14. The summed E-state index contributed by atoms with van der Waals surface area (Å²) in [6, 6.07) is 0. The predicted octanol–water partition coefficient (Wildman–Crippen LogP) is 3.00. The third-order valence-electron chi connectivity index (χ3n) is 3.70. The molecule has 0 bridgehead atoms. The molecule has 1 N–H and O–H groups in total. The van der Waals surface area contributed by atoms with Crippen LogP contribution in [0.4, 0.5) is 0 Å². The van der Waals surface area contributed by atoms with Gasteiger partial charge >= 0.3 is 0 Å². The highest BCUT2D eigenvalue weighted by atomic mass is 16.3. The Bertz CT molecular complexity index is 195. The zero-order chi connectivity index (χ0) is 10.1. The second kappa shape index (κ2) is 3.83. The van der Waals surface area contributed by atoms with Gasteiger partial charge in [0.05, 0.1) is 0 Å². The lowest BCUT2D eigenvalue weighted by atomic mass is 9.78. The molecule has 1 heteroatoms. The van der Waals surface area contributed by atoms with E-state index >= 15 is 0 Å². The summed E-state index contributed by atoms with van der Waals surface area (Å²) in [5.74, 6) is 1.38. The number of allylic oxidation sites excluding steroid dienone is 1. The Morgan fingerprint density at radius 1 is 1.62 bits per heavy atom. The Balaban J connectivity index is 2.69. The highest BCUT2D eigenvalue weighted by molar-refractivity contribution is 5.18. The molecule has 0 aliphatic heterocycles. The fraction of sp³-hybridized carbons (Fsp3) is 0.833. The largest absolute Gasteiger partial charge is 0.396 e. The number of aliphatic hydroxyl groups is 1. The van der Waals surface area contributed by atoms with Crippen LogP contribution in [0.15, 0.2) is 12.2 Å². The van der Waals surface area contributed by atoms with Crippen LogP contribution in [0.25, 0.3) is 0 Å². The molecule has 1 aliphatic carbocycles. The topological polar surface area (TPSA) is 20.2 Å². The maximum Gasteiger partial charge on any atom is 0.0439 e. The minimum atomic E-state index is 0.212. The Morgan fingerprint density at radius 2 is 2.23 bits per heavy atom. The first-order valence-corrected chi connectivity index (χ1v) is 5.31. The van der Waals surface area contributed by atoms with E-state index in [1.54, 1.807) is 0 Å². The van der Waals surface area contributed by atoms with Crippen LogP contribution in [0, 0.1) is 17.3 Å². The van der Waals surface area contributed by atoms with E-state index in [9.17, 15) is 0 Å². The minimum absolute atomic E-state index is 0.212. The number of aliphatic hydroxyl groups excluding tert-OH is 1. The van der Waals surface area contributed by atoms with E-state index in [0.29, 0.717) is 18.4 Å². The fourth-order valence-corrected chi connectivity index (χ4v) is 2.52. The second-order valence-corrected chi connectivity index (χ2v) is 4.95. The Morgan fingerprint density at radius 3 is 2.62 bits per heavy atom. The van der Waals surface area contributed by atoms with Crippen molar-refractivity contribution in [3.8, 4) is 0 Å². The molecular weight excluding hydrogens is 160 g/mol. The number of hydrogen-bond donors (Lipinski definition) is 1. The molecule has 0 spiro atoms. The smallest absolute Gasteiger partial charge is 0.0439 e. The summed E-state index contributed by atoms with van der Waals surface area (Å²) in [5.41, 5.74) is 1.58. The predicted molar refractivity (Wildman–Crippen MR) is 56.5 cm³/mol. The molecule has 2 unspecified atom stereocenters. The van der Waals surface area contributed by atoms with Crippen LogP contribution in [-0.2, 0) is 0 Å². The molecule has 1 nitrogen and oxygen atoms in total. The van der Waals surface area contributed by atoms with Crippen molar-refractivity contribution in [2.75, 3.05) is 6.61 Å². The molecule has 0 aromatic rings. The summed E-state index contributed by atoms with van der Waals surface area (Å²) >= 11 is 0. The monoisotopic (exact) mass is 182 g/mol. The van der Waals surface area contributed by atoms with Gasteiger partial charge in [0.25, 0.3) is 0 Å². The Hall–Kier alpha value is -0.300. The minimum Gasteiger partial charge on any atom is -0.396 e. The van der Waals surface area contributed by atoms with Crippen molar-refractivity contribution in [2.24, 2.45) is 17.3 Å². The van der Waals surface area contributed by atoms with Gasteiger partial charge in [0.15, 0.2) is 0 Å². The average Bonchev–Trinajstić information content (AvgIpc) is 2.30. The standard InChI is InChI=1S/C12H22O/c1-9(2)11-5-6-12(4,7-8-13)10(11)3/h9,11,13H,3,5-8H2,1-2,4H3. The van der Waals surface area contributed by atoms with E-state index in [2.05, 4.69) is 27.4 Å². The van der Waals surface area contributed by atoms with Crippen LogP contribution in [0.2, 0.25) is 0 Å². The molecule has 0 radical (unpaired) electrons. The maximum absolute atomic E-state index is 8.99. The Kier molecular flexibility index (Phi) is 3.18. The van der Waals surface area contributed by atoms with Gasteiger partial charge in [0.1, 0.15) is 0 Å². The van der Waals surface area contributed by atoms with E-state index in [0.717, 1.165) is 6.42 Å². The third kappa shape index (κ3) is 1.96. The molecule has 0 aromatic carbocycles.